The second-order valence-corrected chi connectivity index (χ2v) is 5.45. The SMILES string of the molecule is CCNCc1cccc(Cl)c1Oc1ccc(F)cc1Br. The molecule has 0 spiro atoms. The lowest BCUT2D eigenvalue weighted by Gasteiger charge is -2.14. The van der Waals surface area contributed by atoms with Gasteiger partial charge in [-0.05, 0) is 46.7 Å². The van der Waals surface area contributed by atoms with Crippen LogP contribution >= 0.6 is 27.5 Å². The molecule has 20 heavy (non-hydrogen) atoms. The Morgan fingerprint density at radius 3 is 2.80 bits per heavy atom. The smallest absolute Gasteiger partial charge is 0.150 e. The summed E-state index contributed by atoms with van der Waals surface area (Å²) in [6.45, 7) is 3.54. The maximum absolute atomic E-state index is 13.1. The Bertz CT molecular complexity index is 606. The maximum Gasteiger partial charge on any atom is 0.150 e. The molecule has 0 saturated heterocycles. The maximum atomic E-state index is 13.1. The van der Waals surface area contributed by atoms with Gasteiger partial charge in [0.2, 0.25) is 0 Å². The Morgan fingerprint density at radius 1 is 1.30 bits per heavy atom. The van der Waals surface area contributed by atoms with E-state index in [9.17, 15) is 4.39 Å². The molecule has 0 aliphatic carbocycles. The molecule has 2 aromatic carbocycles. The zero-order valence-electron chi connectivity index (χ0n) is 10.9. The summed E-state index contributed by atoms with van der Waals surface area (Å²) in [6, 6.07) is 9.86. The van der Waals surface area contributed by atoms with Crippen LogP contribution in [0.1, 0.15) is 12.5 Å². The highest BCUT2D eigenvalue weighted by molar-refractivity contribution is 9.10. The normalized spacial score (nSPS) is 10.6. The lowest BCUT2D eigenvalue weighted by Crippen LogP contribution is -2.12. The van der Waals surface area contributed by atoms with Crippen LogP contribution in [0.25, 0.3) is 0 Å². The zero-order chi connectivity index (χ0) is 14.5. The monoisotopic (exact) mass is 357 g/mol. The van der Waals surface area contributed by atoms with Crippen LogP contribution in [0.15, 0.2) is 40.9 Å². The molecule has 0 aromatic heterocycles. The quantitative estimate of drug-likeness (QED) is 0.798. The predicted molar refractivity (Wildman–Crippen MR) is 83.0 cm³/mol. The number of hydrogen-bond acceptors (Lipinski definition) is 2. The third-order valence-electron chi connectivity index (χ3n) is 2.72. The van der Waals surface area contributed by atoms with Crippen molar-refractivity contribution < 1.29 is 9.13 Å². The van der Waals surface area contributed by atoms with Crippen LogP contribution in [0.3, 0.4) is 0 Å². The summed E-state index contributed by atoms with van der Waals surface area (Å²) in [5, 5.41) is 3.76. The first kappa shape index (κ1) is 15.3. The van der Waals surface area contributed by atoms with E-state index in [-0.39, 0.29) is 5.82 Å². The standard InChI is InChI=1S/C15H14BrClFNO/c1-2-19-9-10-4-3-5-13(17)15(10)20-14-7-6-11(18)8-12(14)16/h3-8,19H,2,9H2,1H3. The fourth-order valence-electron chi connectivity index (χ4n) is 1.73. The second kappa shape index (κ2) is 7.07. The molecule has 0 bridgehead atoms. The number of rotatable bonds is 5. The summed E-state index contributed by atoms with van der Waals surface area (Å²) < 4.78 is 19.5. The Labute approximate surface area is 131 Å². The summed E-state index contributed by atoms with van der Waals surface area (Å²) in [4.78, 5) is 0. The van der Waals surface area contributed by atoms with Gasteiger partial charge in [0, 0.05) is 12.1 Å². The zero-order valence-corrected chi connectivity index (χ0v) is 13.3. The van der Waals surface area contributed by atoms with Gasteiger partial charge in [0.1, 0.15) is 11.6 Å². The first-order valence-electron chi connectivity index (χ1n) is 6.23. The van der Waals surface area contributed by atoms with E-state index in [4.69, 9.17) is 16.3 Å². The van der Waals surface area contributed by atoms with Crippen LogP contribution in [-0.4, -0.2) is 6.54 Å². The van der Waals surface area contributed by atoms with Crippen molar-refractivity contribution in [1.82, 2.24) is 5.32 Å². The Hall–Kier alpha value is -1.10. The van der Waals surface area contributed by atoms with Gasteiger partial charge in [-0.1, -0.05) is 30.7 Å². The van der Waals surface area contributed by atoms with Gasteiger partial charge in [0.15, 0.2) is 5.75 Å². The number of ether oxygens (including phenoxy) is 1. The topological polar surface area (TPSA) is 21.3 Å². The van der Waals surface area contributed by atoms with Crippen molar-refractivity contribution in [3.8, 4) is 11.5 Å². The summed E-state index contributed by atoms with van der Waals surface area (Å²) >= 11 is 9.48. The first-order valence-corrected chi connectivity index (χ1v) is 7.40. The highest BCUT2D eigenvalue weighted by Gasteiger charge is 2.11. The first-order chi connectivity index (χ1) is 9.61. The summed E-state index contributed by atoms with van der Waals surface area (Å²) in [6.07, 6.45) is 0. The van der Waals surface area contributed by atoms with Crippen LogP contribution in [0, 0.1) is 5.82 Å². The van der Waals surface area contributed by atoms with Gasteiger partial charge in [0.05, 0.1) is 9.50 Å². The number of benzene rings is 2. The van der Waals surface area contributed by atoms with E-state index in [0.717, 1.165) is 12.1 Å². The molecule has 0 amide bonds. The van der Waals surface area contributed by atoms with E-state index in [2.05, 4.69) is 21.2 Å². The third kappa shape index (κ3) is 3.72. The fourth-order valence-corrected chi connectivity index (χ4v) is 2.40. The van der Waals surface area contributed by atoms with E-state index in [1.165, 1.54) is 12.1 Å². The number of hydrogen-bond donors (Lipinski definition) is 1. The van der Waals surface area contributed by atoms with Crippen LogP contribution < -0.4 is 10.1 Å². The van der Waals surface area contributed by atoms with E-state index < -0.39 is 0 Å². The predicted octanol–water partition coefficient (Wildman–Crippen LogP) is 5.14. The third-order valence-corrected chi connectivity index (χ3v) is 3.64. The Kier molecular flexibility index (Phi) is 5.40. The van der Waals surface area contributed by atoms with Gasteiger partial charge in [-0.3, -0.25) is 0 Å². The average Bonchev–Trinajstić information content (AvgIpc) is 2.42. The highest BCUT2D eigenvalue weighted by atomic mass is 79.9. The van der Waals surface area contributed by atoms with Crippen molar-refractivity contribution in [3.63, 3.8) is 0 Å². The minimum absolute atomic E-state index is 0.323. The molecular formula is C15H14BrClFNO. The molecular weight excluding hydrogens is 345 g/mol. The molecule has 0 heterocycles. The molecule has 2 rings (SSSR count). The molecule has 0 radical (unpaired) electrons. The second-order valence-electron chi connectivity index (χ2n) is 4.19. The lowest BCUT2D eigenvalue weighted by atomic mass is 10.2. The largest absolute Gasteiger partial charge is 0.454 e. The van der Waals surface area contributed by atoms with Gasteiger partial charge in [0.25, 0.3) is 0 Å². The summed E-state index contributed by atoms with van der Waals surface area (Å²) in [7, 11) is 0. The van der Waals surface area contributed by atoms with E-state index >= 15 is 0 Å². The molecule has 5 heteroatoms. The molecule has 0 fully saturated rings. The van der Waals surface area contributed by atoms with Crippen molar-refractivity contribution in [1.29, 1.82) is 0 Å². The van der Waals surface area contributed by atoms with Gasteiger partial charge >= 0.3 is 0 Å². The molecule has 1 N–H and O–H groups in total. The number of nitrogens with one attached hydrogen (secondary N) is 1. The van der Waals surface area contributed by atoms with Crippen LogP contribution in [0.5, 0.6) is 11.5 Å². The van der Waals surface area contributed by atoms with Crippen molar-refractivity contribution >= 4 is 27.5 Å². The van der Waals surface area contributed by atoms with Gasteiger partial charge in [-0.25, -0.2) is 4.39 Å². The minimum Gasteiger partial charge on any atom is -0.454 e. The summed E-state index contributed by atoms with van der Waals surface area (Å²) in [5.74, 6) is 0.788. The Morgan fingerprint density at radius 2 is 2.10 bits per heavy atom. The number of para-hydroxylation sites is 1. The van der Waals surface area contributed by atoms with Gasteiger partial charge in [-0.15, -0.1) is 0 Å². The van der Waals surface area contributed by atoms with Crippen molar-refractivity contribution in [3.05, 3.63) is 57.3 Å². The van der Waals surface area contributed by atoms with Crippen molar-refractivity contribution in [2.45, 2.75) is 13.5 Å². The van der Waals surface area contributed by atoms with Crippen molar-refractivity contribution in [2.75, 3.05) is 6.54 Å². The molecule has 0 saturated carbocycles. The van der Waals surface area contributed by atoms with Crippen molar-refractivity contribution in [2.24, 2.45) is 0 Å². The van der Waals surface area contributed by atoms with E-state index in [1.807, 2.05) is 19.1 Å². The van der Waals surface area contributed by atoms with Gasteiger partial charge < -0.3 is 10.1 Å². The summed E-state index contributed by atoms with van der Waals surface area (Å²) in [5.41, 5.74) is 0.954. The fraction of sp³-hybridized carbons (Fsp3) is 0.200. The molecule has 0 unspecified atom stereocenters. The van der Waals surface area contributed by atoms with Crippen LogP contribution in [0.2, 0.25) is 5.02 Å². The molecule has 0 aliphatic rings. The highest BCUT2D eigenvalue weighted by Crippen LogP contribution is 2.36. The number of halogens is 3. The molecule has 106 valence electrons. The average molecular weight is 359 g/mol. The molecule has 2 nitrogen and oxygen atoms in total. The minimum atomic E-state index is -0.323. The van der Waals surface area contributed by atoms with Crippen LogP contribution in [-0.2, 0) is 6.54 Å². The lowest BCUT2D eigenvalue weighted by molar-refractivity contribution is 0.468. The van der Waals surface area contributed by atoms with Gasteiger partial charge in [-0.2, -0.15) is 0 Å². The van der Waals surface area contributed by atoms with E-state index in [0.29, 0.717) is 27.5 Å². The van der Waals surface area contributed by atoms with Crippen LogP contribution in [0.4, 0.5) is 4.39 Å². The molecule has 0 aliphatic heterocycles. The molecule has 2 aromatic rings. The molecule has 0 atom stereocenters. The Balaban J connectivity index is 2.32. The van der Waals surface area contributed by atoms with E-state index in [1.54, 1.807) is 12.1 Å².